The highest BCUT2D eigenvalue weighted by Crippen LogP contribution is 2.31. The Labute approximate surface area is 225 Å². The van der Waals surface area contributed by atoms with E-state index in [4.69, 9.17) is 11.6 Å². The van der Waals surface area contributed by atoms with Gasteiger partial charge in [0, 0.05) is 36.4 Å². The molecule has 2 aromatic heterocycles. The van der Waals surface area contributed by atoms with Crippen molar-refractivity contribution in [3.8, 4) is 11.1 Å². The average Bonchev–Trinajstić information content (AvgIpc) is 3.48. The number of aliphatic hydroxyl groups is 1. The maximum atomic E-state index is 13.4. The molecule has 38 heavy (non-hydrogen) atoms. The van der Waals surface area contributed by atoms with Gasteiger partial charge in [0.05, 0.1) is 18.8 Å². The van der Waals surface area contributed by atoms with Crippen LogP contribution in [0.4, 0.5) is 11.6 Å². The van der Waals surface area contributed by atoms with Gasteiger partial charge in [-0.05, 0) is 59.5 Å². The Hall–Kier alpha value is -4.21. The number of fused-ring (bicyclic) bond motifs is 1. The molecule has 0 spiro atoms. The molecule has 1 aliphatic heterocycles. The van der Waals surface area contributed by atoms with Gasteiger partial charge < -0.3 is 20.6 Å². The number of hydrogen-bond acceptors (Lipinski definition) is 6. The molecule has 1 unspecified atom stereocenters. The van der Waals surface area contributed by atoms with Crippen molar-refractivity contribution in [3.05, 3.63) is 94.8 Å². The van der Waals surface area contributed by atoms with Crippen LogP contribution in [0.1, 0.15) is 34.5 Å². The lowest BCUT2D eigenvalue weighted by Gasteiger charge is -2.26. The van der Waals surface area contributed by atoms with Crippen molar-refractivity contribution in [2.45, 2.75) is 25.6 Å². The SMILES string of the molecule is CC(C(=O)N[C@H](CO)c1cccc(Cl)c1)N1Cc2ccc(-c3ccnc(Nc4ccnn4C)c3)cc2C1=O. The molecule has 5 rings (SSSR count). The Balaban J connectivity index is 1.31. The second kappa shape index (κ2) is 10.6. The standard InChI is InChI=1S/C28H27ClN6O3/c1-17(27(37)32-24(16-36)20-4-3-5-22(29)12-20)35-15-21-7-6-18(13-23(21)28(35)38)19-8-10-30-25(14-19)33-26-9-11-31-34(26)2/h3-14,17,24,36H,15-16H2,1-2H3,(H,30,33)(H,32,37)/t17?,24-/m1/s1. The molecule has 0 aliphatic carbocycles. The fraction of sp³-hybridized carbons (Fsp3) is 0.214. The number of benzene rings is 2. The van der Waals surface area contributed by atoms with Gasteiger partial charge in [-0.1, -0.05) is 35.9 Å². The predicted octanol–water partition coefficient (Wildman–Crippen LogP) is 4.07. The highest BCUT2D eigenvalue weighted by molar-refractivity contribution is 6.30. The zero-order valence-corrected chi connectivity index (χ0v) is 21.7. The summed E-state index contributed by atoms with van der Waals surface area (Å²) in [5.41, 5.74) is 3.88. The van der Waals surface area contributed by atoms with Crippen LogP contribution in [-0.2, 0) is 18.4 Å². The fourth-order valence-corrected chi connectivity index (χ4v) is 4.71. The third-order valence-electron chi connectivity index (χ3n) is 6.71. The zero-order chi connectivity index (χ0) is 26.8. The summed E-state index contributed by atoms with van der Waals surface area (Å²) in [5.74, 6) is 0.893. The summed E-state index contributed by atoms with van der Waals surface area (Å²) >= 11 is 6.07. The quantitative estimate of drug-likeness (QED) is 0.316. The van der Waals surface area contributed by atoms with E-state index >= 15 is 0 Å². The fourth-order valence-electron chi connectivity index (χ4n) is 4.51. The van der Waals surface area contributed by atoms with Gasteiger partial charge in [0.25, 0.3) is 5.91 Å². The van der Waals surface area contributed by atoms with Gasteiger partial charge in [0.15, 0.2) is 0 Å². The van der Waals surface area contributed by atoms with Crippen LogP contribution in [0.15, 0.2) is 73.1 Å². The van der Waals surface area contributed by atoms with Gasteiger partial charge in [0.1, 0.15) is 17.7 Å². The van der Waals surface area contributed by atoms with Crippen LogP contribution < -0.4 is 10.6 Å². The number of aliphatic hydroxyl groups excluding tert-OH is 1. The summed E-state index contributed by atoms with van der Waals surface area (Å²) in [7, 11) is 1.84. The minimum absolute atomic E-state index is 0.213. The Kier molecular flexibility index (Phi) is 7.13. The molecule has 194 valence electrons. The van der Waals surface area contributed by atoms with Gasteiger partial charge in [-0.2, -0.15) is 5.10 Å². The first-order valence-corrected chi connectivity index (χ1v) is 12.5. The summed E-state index contributed by atoms with van der Waals surface area (Å²) in [6.45, 7) is 1.72. The van der Waals surface area contributed by atoms with Crippen LogP contribution in [0.5, 0.6) is 0 Å². The second-order valence-corrected chi connectivity index (χ2v) is 9.61. The average molecular weight is 531 g/mol. The zero-order valence-electron chi connectivity index (χ0n) is 20.9. The van der Waals surface area contributed by atoms with Crippen molar-refractivity contribution >= 4 is 35.1 Å². The first-order chi connectivity index (χ1) is 18.3. The molecule has 0 radical (unpaired) electrons. The number of anilines is 2. The molecule has 0 bridgehead atoms. The number of aryl methyl sites for hydroxylation is 1. The summed E-state index contributed by atoms with van der Waals surface area (Å²) < 4.78 is 1.71. The number of carbonyl (C=O) groups excluding carboxylic acids is 2. The highest BCUT2D eigenvalue weighted by Gasteiger charge is 2.34. The summed E-state index contributed by atoms with van der Waals surface area (Å²) in [5, 5.41) is 20.6. The largest absolute Gasteiger partial charge is 0.394 e. The first-order valence-electron chi connectivity index (χ1n) is 12.2. The molecule has 1 aliphatic rings. The Morgan fingerprint density at radius 1 is 1.11 bits per heavy atom. The molecule has 10 heteroatoms. The Morgan fingerprint density at radius 2 is 1.92 bits per heavy atom. The minimum atomic E-state index is -0.734. The molecule has 3 N–H and O–H groups in total. The van der Waals surface area contributed by atoms with E-state index in [1.807, 2.05) is 43.4 Å². The van der Waals surface area contributed by atoms with E-state index in [1.165, 1.54) is 4.90 Å². The van der Waals surface area contributed by atoms with Crippen LogP contribution in [-0.4, -0.2) is 49.2 Å². The molecule has 2 amide bonds. The number of halogens is 1. The molecule has 0 fully saturated rings. The second-order valence-electron chi connectivity index (χ2n) is 9.17. The minimum Gasteiger partial charge on any atom is -0.394 e. The monoisotopic (exact) mass is 530 g/mol. The number of pyridine rings is 1. The van der Waals surface area contributed by atoms with Crippen molar-refractivity contribution in [2.24, 2.45) is 7.05 Å². The van der Waals surface area contributed by atoms with Gasteiger partial charge >= 0.3 is 0 Å². The number of carbonyl (C=O) groups is 2. The lowest BCUT2D eigenvalue weighted by atomic mass is 10.0. The van der Waals surface area contributed by atoms with E-state index in [9.17, 15) is 14.7 Å². The third kappa shape index (κ3) is 5.11. The number of nitrogens with zero attached hydrogens (tertiary/aromatic N) is 4. The molecule has 2 aromatic carbocycles. The molecular weight excluding hydrogens is 504 g/mol. The Morgan fingerprint density at radius 3 is 2.66 bits per heavy atom. The smallest absolute Gasteiger partial charge is 0.255 e. The summed E-state index contributed by atoms with van der Waals surface area (Å²) in [6, 6.07) is 17.0. The summed E-state index contributed by atoms with van der Waals surface area (Å²) in [6.07, 6.45) is 3.41. The van der Waals surface area contributed by atoms with Crippen LogP contribution in [0, 0.1) is 0 Å². The molecule has 9 nitrogen and oxygen atoms in total. The highest BCUT2D eigenvalue weighted by atomic mass is 35.5. The topological polar surface area (TPSA) is 112 Å². The van der Waals surface area contributed by atoms with Gasteiger partial charge in [-0.3, -0.25) is 14.3 Å². The number of rotatable bonds is 8. The van der Waals surface area contributed by atoms with Crippen molar-refractivity contribution in [3.63, 3.8) is 0 Å². The lowest BCUT2D eigenvalue weighted by Crippen LogP contribution is -2.46. The van der Waals surface area contributed by atoms with Gasteiger partial charge in [0.2, 0.25) is 5.91 Å². The number of nitrogens with one attached hydrogen (secondary N) is 2. The molecule has 2 atom stereocenters. The number of hydrogen-bond donors (Lipinski definition) is 3. The van der Waals surface area contributed by atoms with E-state index < -0.39 is 12.1 Å². The maximum Gasteiger partial charge on any atom is 0.255 e. The molecule has 3 heterocycles. The first kappa shape index (κ1) is 25.4. The van der Waals surface area contributed by atoms with E-state index in [-0.39, 0.29) is 18.4 Å². The molecular formula is C28H27ClN6O3. The summed E-state index contributed by atoms with van der Waals surface area (Å²) in [4.78, 5) is 32.3. The predicted molar refractivity (Wildman–Crippen MR) is 145 cm³/mol. The van der Waals surface area contributed by atoms with E-state index in [0.717, 1.165) is 22.5 Å². The molecule has 0 saturated carbocycles. The van der Waals surface area contributed by atoms with Crippen LogP contribution in [0.2, 0.25) is 5.02 Å². The number of aromatic nitrogens is 3. The third-order valence-corrected chi connectivity index (χ3v) is 6.94. The van der Waals surface area contributed by atoms with Crippen molar-refractivity contribution in [2.75, 3.05) is 11.9 Å². The normalized spacial score (nSPS) is 14.2. The van der Waals surface area contributed by atoms with Crippen molar-refractivity contribution in [1.29, 1.82) is 0 Å². The van der Waals surface area contributed by atoms with Gasteiger partial charge in [-0.25, -0.2) is 4.98 Å². The lowest BCUT2D eigenvalue weighted by molar-refractivity contribution is -0.126. The molecule has 0 saturated heterocycles. The van der Waals surface area contributed by atoms with E-state index in [1.54, 1.807) is 48.3 Å². The number of amides is 2. The van der Waals surface area contributed by atoms with Crippen LogP contribution in [0.25, 0.3) is 11.1 Å². The van der Waals surface area contributed by atoms with E-state index in [0.29, 0.717) is 28.5 Å². The van der Waals surface area contributed by atoms with Crippen molar-refractivity contribution in [1.82, 2.24) is 25.0 Å². The van der Waals surface area contributed by atoms with Crippen molar-refractivity contribution < 1.29 is 14.7 Å². The van der Waals surface area contributed by atoms with Crippen LogP contribution >= 0.6 is 11.6 Å². The molecule has 4 aromatic rings. The maximum absolute atomic E-state index is 13.4. The van der Waals surface area contributed by atoms with Crippen LogP contribution in [0.3, 0.4) is 0 Å². The van der Waals surface area contributed by atoms with Gasteiger partial charge in [-0.15, -0.1) is 0 Å². The Bertz CT molecular complexity index is 1500. The van der Waals surface area contributed by atoms with E-state index in [2.05, 4.69) is 20.7 Å².